The van der Waals surface area contributed by atoms with Gasteiger partial charge in [-0.25, -0.2) is 0 Å². The molecule has 1 amide bonds. The summed E-state index contributed by atoms with van der Waals surface area (Å²) in [5.74, 6) is -0.0519. The van der Waals surface area contributed by atoms with Gasteiger partial charge in [0.05, 0.1) is 15.6 Å². The van der Waals surface area contributed by atoms with Crippen LogP contribution in [-0.4, -0.2) is 36.0 Å². The van der Waals surface area contributed by atoms with Gasteiger partial charge in [-0.05, 0) is 26.0 Å². The van der Waals surface area contributed by atoms with E-state index in [1.54, 1.807) is 18.2 Å². The Morgan fingerprint density at radius 2 is 1.89 bits per heavy atom. The third-order valence-corrected chi connectivity index (χ3v) is 4.06. The number of benzene rings is 1. The zero-order chi connectivity index (χ0) is 13.3. The maximum atomic E-state index is 12.5. The molecule has 1 N–H and O–H groups in total. The van der Waals surface area contributed by atoms with Crippen LogP contribution in [0.2, 0.25) is 10.0 Å². The number of amides is 1. The molecule has 2 unspecified atom stereocenters. The molecular weight excluding hydrogens is 271 g/mol. The number of nitrogens with one attached hydrogen (secondary N) is 1. The molecule has 1 aliphatic rings. The van der Waals surface area contributed by atoms with E-state index in [-0.39, 0.29) is 18.0 Å². The first-order valence-corrected chi connectivity index (χ1v) is 6.75. The quantitative estimate of drug-likeness (QED) is 0.861. The van der Waals surface area contributed by atoms with Crippen molar-refractivity contribution in [3.63, 3.8) is 0 Å². The summed E-state index contributed by atoms with van der Waals surface area (Å²) in [5.41, 5.74) is 0.477. The van der Waals surface area contributed by atoms with Crippen LogP contribution < -0.4 is 5.32 Å². The Kier molecular flexibility index (Phi) is 4.15. The van der Waals surface area contributed by atoms with Gasteiger partial charge in [-0.1, -0.05) is 29.3 Å². The largest absolute Gasteiger partial charge is 0.331 e. The Balaban J connectivity index is 2.32. The van der Waals surface area contributed by atoms with Gasteiger partial charge in [-0.15, -0.1) is 0 Å². The van der Waals surface area contributed by atoms with E-state index in [0.29, 0.717) is 15.6 Å². The Bertz CT molecular complexity index is 454. The maximum absolute atomic E-state index is 12.5. The highest BCUT2D eigenvalue weighted by atomic mass is 35.5. The van der Waals surface area contributed by atoms with Crippen molar-refractivity contribution in [2.45, 2.75) is 25.9 Å². The lowest BCUT2D eigenvalue weighted by Gasteiger charge is -2.39. The van der Waals surface area contributed by atoms with Crippen molar-refractivity contribution in [3.8, 4) is 0 Å². The molecule has 3 nitrogen and oxygen atoms in total. The fourth-order valence-electron chi connectivity index (χ4n) is 2.34. The average molecular weight is 287 g/mol. The average Bonchev–Trinajstić information content (AvgIpc) is 2.32. The van der Waals surface area contributed by atoms with E-state index in [0.717, 1.165) is 13.1 Å². The Morgan fingerprint density at radius 1 is 1.28 bits per heavy atom. The van der Waals surface area contributed by atoms with Crippen molar-refractivity contribution in [2.24, 2.45) is 0 Å². The summed E-state index contributed by atoms with van der Waals surface area (Å²) in [7, 11) is 0. The molecule has 1 fully saturated rings. The van der Waals surface area contributed by atoms with Crippen LogP contribution in [0.25, 0.3) is 0 Å². The first-order valence-electron chi connectivity index (χ1n) is 5.99. The summed E-state index contributed by atoms with van der Waals surface area (Å²) in [4.78, 5) is 14.4. The van der Waals surface area contributed by atoms with E-state index >= 15 is 0 Å². The van der Waals surface area contributed by atoms with Crippen LogP contribution >= 0.6 is 23.2 Å². The van der Waals surface area contributed by atoms with E-state index in [2.05, 4.69) is 5.32 Å². The van der Waals surface area contributed by atoms with Crippen molar-refractivity contribution in [1.29, 1.82) is 0 Å². The molecule has 2 rings (SSSR count). The highest BCUT2D eigenvalue weighted by Gasteiger charge is 2.30. The van der Waals surface area contributed by atoms with Crippen molar-refractivity contribution >= 4 is 29.1 Å². The minimum absolute atomic E-state index is 0.0519. The summed E-state index contributed by atoms with van der Waals surface area (Å²) in [6.07, 6.45) is 0. The number of carbonyl (C=O) groups excluding carboxylic acids is 1. The normalized spacial score (nSPS) is 24.1. The molecule has 98 valence electrons. The number of rotatable bonds is 1. The van der Waals surface area contributed by atoms with E-state index in [1.165, 1.54) is 0 Å². The molecule has 1 aromatic carbocycles. The third-order valence-electron chi connectivity index (χ3n) is 3.25. The number of carbonyl (C=O) groups is 1. The first kappa shape index (κ1) is 13.7. The molecule has 1 saturated heterocycles. The molecule has 0 bridgehead atoms. The SMILES string of the molecule is CC1CNCC(C)N1C(=O)c1cccc(Cl)c1Cl. The van der Waals surface area contributed by atoms with Gasteiger partial charge in [0, 0.05) is 25.2 Å². The molecular formula is C13H16Cl2N2O. The highest BCUT2D eigenvalue weighted by molar-refractivity contribution is 6.43. The molecule has 1 aromatic rings. The summed E-state index contributed by atoms with van der Waals surface area (Å²) in [6.45, 7) is 5.65. The second-order valence-corrected chi connectivity index (χ2v) is 5.46. The van der Waals surface area contributed by atoms with Gasteiger partial charge in [-0.3, -0.25) is 4.79 Å². The van der Waals surface area contributed by atoms with E-state index in [1.807, 2.05) is 18.7 Å². The lowest BCUT2D eigenvalue weighted by Crippen LogP contribution is -2.57. The number of piperazine rings is 1. The monoisotopic (exact) mass is 286 g/mol. The maximum Gasteiger partial charge on any atom is 0.255 e. The Morgan fingerprint density at radius 3 is 2.50 bits per heavy atom. The Labute approximate surface area is 117 Å². The van der Waals surface area contributed by atoms with Gasteiger partial charge in [0.1, 0.15) is 0 Å². The fourth-order valence-corrected chi connectivity index (χ4v) is 2.72. The van der Waals surface area contributed by atoms with Crippen LogP contribution in [0.5, 0.6) is 0 Å². The van der Waals surface area contributed by atoms with Crippen molar-refractivity contribution < 1.29 is 4.79 Å². The van der Waals surface area contributed by atoms with E-state index in [4.69, 9.17) is 23.2 Å². The van der Waals surface area contributed by atoms with Crippen molar-refractivity contribution in [3.05, 3.63) is 33.8 Å². The van der Waals surface area contributed by atoms with Crippen LogP contribution in [0.15, 0.2) is 18.2 Å². The van der Waals surface area contributed by atoms with Gasteiger partial charge in [0.15, 0.2) is 0 Å². The van der Waals surface area contributed by atoms with Crippen LogP contribution in [0, 0.1) is 0 Å². The molecule has 1 aliphatic heterocycles. The van der Waals surface area contributed by atoms with Crippen LogP contribution in [0.3, 0.4) is 0 Å². The van der Waals surface area contributed by atoms with Gasteiger partial charge in [0.25, 0.3) is 5.91 Å². The topological polar surface area (TPSA) is 32.3 Å². The zero-order valence-electron chi connectivity index (χ0n) is 10.4. The fraction of sp³-hybridized carbons (Fsp3) is 0.462. The lowest BCUT2D eigenvalue weighted by molar-refractivity contribution is 0.0544. The zero-order valence-corrected chi connectivity index (χ0v) is 11.9. The predicted octanol–water partition coefficient (Wildman–Crippen LogP) is 2.82. The summed E-state index contributed by atoms with van der Waals surface area (Å²) >= 11 is 12.1. The standard InChI is InChI=1S/C13H16Cl2N2O/c1-8-6-16-7-9(2)17(8)13(18)10-4-3-5-11(14)12(10)15/h3-5,8-9,16H,6-7H2,1-2H3. The predicted molar refractivity (Wildman–Crippen MR) is 74.4 cm³/mol. The molecule has 0 aliphatic carbocycles. The second-order valence-electron chi connectivity index (χ2n) is 4.67. The molecule has 0 spiro atoms. The number of halogens is 2. The molecule has 18 heavy (non-hydrogen) atoms. The van der Waals surface area contributed by atoms with Gasteiger partial charge >= 0.3 is 0 Å². The van der Waals surface area contributed by atoms with E-state index < -0.39 is 0 Å². The molecule has 1 heterocycles. The number of hydrogen-bond acceptors (Lipinski definition) is 2. The van der Waals surface area contributed by atoms with Gasteiger partial charge in [-0.2, -0.15) is 0 Å². The summed E-state index contributed by atoms with van der Waals surface area (Å²) in [5, 5.41) is 4.04. The third kappa shape index (κ3) is 2.48. The molecule has 5 heteroatoms. The van der Waals surface area contributed by atoms with E-state index in [9.17, 15) is 4.79 Å². The van der Waals surface area contributed by atoms with Gasteiger partial charge in [0.2, 0.25) is 0 Å². The van der Waals surface area contributed by atoms with Crippen LogP contribution in [-0.2, 0) is 0 Å². The lowest BCUT2D eigenvalue weighted by atomic mass is 10.1. The highest BCUT2D eigenvalue weighted by Crippen LogP contribution is 2.27. The molecule has 0 radical (unpaired) electrons. The van der Waals surface area contributed by atoms with Crippen LogP contribution in [0.1, 0.15) is 24.2 Å². The van der Waals surface area contributed by atoms with Crippen LogP contribution in [0.4, 0.5) is 0 Å². The molecule has 2 atom stereocenters. The smallest absolute Gasteiger partial charge is 0.255 e. The Hall–Kier alpha value is -0.770. The minimum Gasteiger partial charge on any atom is -0.331 e. The molecule has 0 aromatic heterocycles. The minimum atomic E-state index is -0.0519. The summed E-state index contributed by atoms with van der Waals surface area (Å²) < 4.78 is 0. The van der Waals surface area contributed by atoms with Gasteiger partial charge < -0.3 is 10.2 Å². The second kappa shape index (κ2) is 5.47. The summed E-state index contributed by atoms with van der Waals surface area (Å²) in [6, 6.07) is 5.45. The van der Waals surface area contributed by atoms with Crippen molar-refractivity contribution in [1.82, 2.24) is 10.2 Å². The molecule has 0 saturated carbocycles. The number of nitrogens with zero attached hydrogens (tertiary/aromatic N) is 1. The number of hydrogen-bond donors (Lipinski definition) is 1. The van der Waals surface area contributed by atoms with Crippen molar-refractivity contribution in [2.75, 3.05) is 13.1 Å². The first-order chi connectivity index (χ1) is 8.52.